The van der Waals surface area contributed by atoms with Gasteiger partial charge in [-0.15, -0.1) is 0 Å². The van der Waals surface area contributed by atoms with E-state index in [4.69, 9.17) is 0 Å². The number of unbranched alkanes of at least 4 members (excludes halogenated alkanes) is 13. The Morgan fingerprint density at radius 3 is 1.66 bits per heavy atom. The molecule has 0 aromatic rings. The van der Waals surface area contributed by atoms with E-state index in [1.807, 2.05) is 21.6 Å². The normalized spacial score (nSPS) is 12.2. The van der Waals surface area contributed by atoms with Crippen LogP contribution in [0, 0.1) is 0 Å². The molecule has 0 rings (SSSR count). The first-order chi connectivity index (χ1) is 20.0. The molecule has 41 heavy (non-hydrogen) atoms. The van der Waals surface area contributed by atoms with Crippen LogP contribution in [-0.4, -0.2) is 65.2 Å². The van der Waals surface area contributed by atoms with E-state index in [9.17, 15) is 9.59 Å². The van der Waals surface area contributed by atoms with Crippen molar-refractivity contribution in [3.05, 3.63) is 0 Å². The van der Waals surface area contributed by atoms with Gasteiger partial charge in [0.1, 0.15) is 5.78 Å². The molecule has 4 nitrogen and oxygen atoms in total. The Bertz CT molecular complexity index is 587. The maximum absolute atomic E-state index is 13.7. The van der Waals surface area contributed by atoms with Gasteiger partial charge in [0.25, 0.3) is 0 Å². The topological polar surface area (TPSA) is 40.6 Å². The van der Waals surface area contributed by atoms with Gasteiger partial charge in [-0.05, 0) is 65.1 Å². The third-order valence-corrected chi connectivity index (χ3v) is 10.8. The summed E-state index contributed by atoms with van der Waals surface area (Å²) in [4.78, 5) is 29.7. The Morgan fingerprint density at radius 1 is 0.561 bits per heavy atom. The van der Waals surface area contributed by atoms with Crippen LogP contribution in [0.25, 0.3) is 0 Å². The average Bonchev–Trinajstić information content (AvgIpc) is 2.96. The van der Waals surface area contributed by atoms with Gasteiger partial charge in [0.15, 0.2) is 0 Å². The zero-order valence-electron chi connectivity index (χ0n) is 28.2. The van der Waals surface area contributed by atoms with Gasteiger partial charge < -0.3 is 14.6 Å². The van der Waals surface area contributed by atoms with Crippen molar-refractivity contribution in [3.8, 4) is 0 Å². The Labute approximate surface area is 265 Å². The molecule has 0 heterocycles. The molecule has 0 N–H and O–H groups in total. The van der Waals surface area contributed by atoms with Gasteiger partial charge in [0, 0.05) is 36.9 Å². The molecular weight excluding hydrogens is 545 g/mol. The summed E-state index contributed by atoms with van der Waals surface area (Å²) in [5.41, 5.74) is 0. The van der Waals surface area contributed by atoms with Gasteiger partial charge in [-0.25, -0.2) is 0 Å². The molecule has 0 aliphatic heterocycles. The predicted molar refractivity (Wildman–Crippen MR) is 187 cm³/mol. The first-order valence-corrected chi connectivity index (χ1v) is 20.2. The molecular formula is C35H70N2O2S2. The molecule has 0 bridgehead atoms. The largest absolute Gasteiger partial charge is 0.340 e. The van der Waals surface area contributed by atoms with E-state index in [1.165, 1.54) is 108 Å². The Hall–Kier alpha value is -0.200. The number of hydrogen-bond acceptors (Lipinski definition) is 5. The highest BCUT2D eigenvalue weighted by atomic mass is 33.1. The number of carbonyl (C=O) groups excluding carboxylic acids is 2. The van der Waals surface area contributed by atoms with Crippen LogP contribution in [0.1, 0.15) is 169 Å². The summed E-state index contributed by atoms with van der Waals surface area (Å²) in [6.07, 6.45) is 25.0. The van der Waals surface area contributed by atoms with E-state index >= 15 is 0 Å². The van der Waals surface area contributed by atoms with Crippen molar-refractivity contribution in [2.45, 2.75) is 175 Å². The molecule has 1 atom stereocenters. The summed E-state index contributed by atoms with van der Waals surface area (Å²) >= 11 is 0. The molecule has 0 radical (unpaired) electrons. The summed E-state index contributed by atoms with van der Waals surface area (Å²) < 4.78 is 0. The third kappa shape index (κ3) is 26.0. The lowest BCUT2D eigenvalue weighted by Crippen LogP contribution is -2.41. The predicted octanol–water partition coefficient (Wildman–Crippen LogP) is 10.7. The fourth-order valence-electron chi connectivity index (χ4n) is 5.55. The van der Waals surface area contributed by atoms with E-state index in [2.05, 4.69) is 37.5 Å². The average molecular weight is 615 g/mol. The molecule has 0 aromatic heterocycles. The molecule has 0 aliphatic rings. The lowest BCUT2D eigenvalue weighted by atomic mass is 9.98. The van der Waals surface area contributed by atoms with E-state index in [-0.39, 0.29) is 0 Å². The van der Waals surface area contributed by atoms with E-state index in [1.54, 1.807) is 6.92 Å². The minimum atomic E-state index is 0.317. The standard InChI is InChI=1S/C35H70N2O2S2/c1-6-10-12-13-17-20-26-34(27-21-18-15-14-16-19-25-33(5)38)37(30-23-22-29-36(8-3)9-4)35(39)28-32-41-40-31-24-11-7-2/h34H,6-32H2,1-5H3. The number of Topliss-reactive ketones (excluding diaryl/α,β-unsaturated/α-hetero) is 1. The maximum Gasteiger partial charge on any atom is 0.223 e. The lowest BCUT2D eigenvalue weighted by molar-refractivity contribution is -0.133. The zero-order chi connectivity index (χ0) is 30.4. The lowest BCUT2D eigenvalue weighted by Gasteiger charge is -2.33. The van der Waals surface area contributed by atoms with Crippen molar-refractivity contribution < 1.29 is 9.59 Å². The first-order valence-electron chi connectivity index (χ1n) is 17.8. The quantitative estimate of drug-likeness (QED) is 0.0557. The monoisotopic (exact) mass is 614 g/mol. The van der Waals surface area contributed by atoms with Gasteiger partial charge >= 0.3 is 0 Å². The number of hydrogen-bond donors (Lipinski definition) is 0. The highest BCUT2D eigenvalue weighted by Crippen LogP contribution is 2.25. The Kier molecular flexibility index (Phi) is 31.1. The fourth-order valence-corrected chi connectivity index (χ4v) is 7.67. The minimum Gasteiger partial charge on any atom is -0.340 e. The van der Waals surface area contributed by atoms with Crippen LogP contribution in [-0.2, 0) is 9.59 Å². The van der Waals surface area contributed by atoms with Crippen LogP contribution in [0.2, 0.25) is 0 Å². The summed E-state index contributed by atoms with van der Waals surface area (Å²) in [5.74, 6) is 2.86. The van der Waals surface area contributed by atoms with Gasteiger partial charge in [0.05, 0.1) is 0 Å². The number of carbonyl (C=O) groups is 2. The van der Waals surface area contributed by atoms with Crippen LogP contribution in [0.5, 0.6) is 0 Å². The number of nitrogens with zero attached hydrogens (tertiary/aromatic N) is 2. The molecule has 244 valence electrons. The van der Waals surface area contributed by atoms with Gasteiger partial charge in [0.2, 0.25) is 5.91 Å². The molecule has 1 amide bonds. The fraction of sp³-hybridized carbons (Fsp3) is 0.943. The molecule has 0 saturated carbocycles. The molecule has 1 unspecified atom stereocenters. The summed E-state index contributed by atoms with van der Waals surface area (Å²) in [7, 11) is 3.86. The maximum atomic E-state index is 13.7. The van der Waals surface area contributed by atoms with Crippen LogP contribution < -0.4 is 0 Å². The number of amides is 1. The van der Waals surface area contributed by atoms with E-state index in [0.29, 0.717) is 24.2 Å². The highest BCUT2D eigenvalue weighted by Gasteiger charge is 2.23. The molecule has 0 saturated heterocycles. The Morgan fingerprint density at radius 2 is 1.07 bits per heavy atom. The second kappa shape index (κ2) is 31.2. The van der Waals surface area contributed by atoms with Crippen molar-refractivity contribution >= 4 is 33.3 Å². The summed E-state index contributed by atoms with van der Waals surface area (Å²) in [5, 5.41) is 0. The second-order valence-corrected chi connectivity index (χ2v) is 14.7. The highest BCUT2D eigenvalue weighted by molar-refractivity contribution is 8.76. The van der Waals surface area contributed by atoms with Crippen molar-refractivity contribution in [2.75, 3.05) is 37.7 Å². The van der Waals surface area contributed by atoms with Crippen molar-refractivity contribution in [3.63, 3.8) is 0 Å². The van der Waals surface area contributed by atoms with Crippen LogP contribution in [0.4, 0.5) is 0 Å². The van der Waals surface area contributed by atoms with Gasteiger partial charge in [-0.3, -0.25) is 4.79 Å². The first kappa shape index (κ1) is 40.8. The zero-order valence-corrected chi connectivity index (χ0v) is 29.8. The van der Waals surface area contributed by atoms with Crippen molar-refractivity contribution in [1.82, 2.24) is 9.80 Å². The van der Waals surface area contributed by atoms with Crippen molar-refractivity contribution in [1.29, 1.82) is 0 Å². The molecule has 0 aliphatic carbocycles. The summed E-state index contributed by atoms with van der Waals surface area (Å²) in [6, 6.07) is 0.405. The minimum absolute atomic E-state index is 0.317. The smallest absolute Gasteiger partial charge is 0.223 e. The molecule has 0 aromatic carbocycles. The van der Waals surface area contributed by atoms with E-state index in [0.717, 1.165) is 57.6 Å². The second-order valence-electron chi connectivity index (χ2n) is 12.0. The molecule has 6 heteroatoms. The number of rotatable bonds is 32. The molecule has 0 spiro atoms. The van der Waals surface area contributed by atoms with Crippen LogP contribution >= 0.6 is 21.6 Å². The van der Waals surface area contributed by atoms with Crippen LogP contribution in [0.3, 0.4) is 0 Å². The number of ketones is 1. The third-order valence-electron chi connectivity index (χ3n) is 8.30. The SMILES string of the molecule is CCCCCCCCC(CCCCCCCCC(C)=O)N(CCCCN(CC)CC)C(=O)CCSSCCCCC. The van der Waals surface area contributed by atoms with Crippen molar-refractivity contribution in [2.24, 2.45) is 0 Å². The molecule has 0 fully saturated rings. The Balaban J connectivity index is 5.02. The summed E-state index contributed by atoms with van der Waals surface area (Å²) in [6.45, 7) is 15.0. The van der Waals surface area contributed by atoms with Gasteiger partial charge in [-0.2, -0.15) is 0 Å². The van der Waals surface area contributed by atoms with E-state index < -0.39 is 0 Å². The van der Waals surface area contributed by atoms with Gasteiger partial charge in [-0.1, -0.05) is 133 Å². The van der Waals surface area contributed by atoms with Crippen LogP contribution in [0.15, 0.2) is 0 Å².